The number of allylic oxidation sites excluding steroid dienone is 2. The van der Waals surface area contributed by atoms with Gasteiger partial charge in [-0.15, -0.1) is 5.06 Å². The summed E-state index contributed by atoms with van der Waals surface area (Å²) < 4.78 is 0. The summed E-state index contributed by atoms with van der Waals surface area (Å²) in [6, 6.07) is 0. The summed E-state index contributed by atoms with van der Waals surface area (Å²) in [6.07, 6.45) is 9.74. The zero-order valence-corrected chi connectivity index (χ0v) is 11.9. The minimum absolute atomic E-state index is 0.117. The van der Waals surface area contributed by atoms with E-state index in [1.807, 2.05) is 0 Å². The van der Waals surface area contributed by atoms with E-state index in [-0.39, 0.29) is 24.7 Å². The molecule has 1 atom stereocenters. The van der Waals surface area contributed by atoms with Crippen LogP contribution < -0.4 is 0 Å². The molecule has 1 saturated heterocycles. The van der Waals surface area contributed by atoms with E-state index in [1.165, 1.54) is 0 Å². The van der Waals surface area contributed by atoms with Crippen molar-refractivity contribution in [3.8, 4) is 0 Å². The van der Waals surface area contributed by atoms with Crippen LogP contribution >= 0.6 is 0 Å². The smallest absolute Gasteiger partial charge is 0.330 e. The Bertz CT molecular complexity index is 427. The van der Waals surface area contributed by atoms with Gasteiger partial charge in [-0.05, 0) is 37.5 Å². The maximum absolute atomic E-state index is 12.0. The van der Waals surface area contributed by atoms with Gasteiger partial charge in [-0.3, -0.25) is 9.59 Å². The first kappa shape index (κ1) is 14.8. The summed E-state index contributed by atoms with van der Waals surface area (Å²) in [5.41, 5.74) is -0.117. The Morgan fingerprint density at radius 1 is 1.20 bits per heavy atom. The highest BCUT2D eigenvalue weighted by Crippen LogP contribution is 2.35. The van der Waals surface area contributed by atoms with Crippen molar-refractivity contribution in [1.82, 2.24) is 5.06 Å². The van der Waals surface area contributed by atoms with Crippen molar-refractivity contribution in [2.24, 2.45) is 5.41 Å². The molecule has 5 heteroatoms. The molecule has 1 fully saturated rings. The summed E-state index contributed by atoms with van der Waals surface area (Å²) in [5.74, 6) is -1.33. The van der Waals surface area contributed by atoms with Crippen LogP contribution in [0, 0.1) is 5.41 Å². The van der Waals surface area contributed by atoms with E-state index >= 15 is 0 Å². The molecule has 0 N–H and O–H groups in total. The predicted octanol–water partition coefficient (Wildman–Crippen LogP) is 2.51. The van der Waals surface area contributed by atoms with Crippen LogP contribution in [-0.2, 0) is 19.2 Å². The van der Waals surface area contributed by atoms with E-state index in [0.29, 0.717) is 5.06 Å². The molecule has 0 aromatic rings. The van der Waals surface area contributed by atoms with Crippen molar-refractivity contribution in [3.63, 3.8) is 0 Å². The van der Waals surface area contributed by atoms with E-state index in [0.717, 1.165) is 32.1 Å². The van der Waals surface area contributed by atoms with Gasteiger partial charge in [0, 0.05) is 12.8 Å². The molecule has 0 aromatic carbocycles. The topological polar surface area (TPSA) is 63.7 Å². The lowest BCUT2D eigenvalue weighted by molar-refractivity contribution is -0.199. The summed E-state index contributed by atoms with van der Waals surface area (Å²) in [7, 11) is 0. The fourth-order valence-corrected chi connectivity index (χ4v) is 2.76. The lowest BCUT2D eigenvalue weighted by atomic mass is 9.77. The van der Waals surface area contributed by atoms with Crippen molar-refractivity contribution < 1.29 is 19.2 Å². The molecule has 2 rings (SSSR count). The van der Waals surface area contributed by atoms with E-state index in [9.17, 15) is 14.4 Å². The Labute approximate surface area is 118 Å². The van der Waals surface area contributed by atoms with E-state index in [1.54, 1.807) is 0 Å². The Balaban J connectivity index is 1.91. The molecule has 1 heterocycles. The van der Waals surface area contributed by atoms with Gasteiger partial charge in [0.2, 0.25) is 0 Å². The van der Waals surface area contributed by atoms with Crippen LogP contribution in [0.5, 0.6) is 0 Å². The van der Waals surface area contributed by atoms with Crippen molar-refractivity contribution in [3.05, 3.63) is 12.2 Å². The molecule has 2 aliphatic rings. The third kappa shape index (κ3) is 3.68. The minimum atomic E-state index is -0.486. The summed E-state index contributed by atoms with van der Waals surface area (Å²) >= 11 is 0. The van der Waals surface area contributed by atoms with Crippen LogP contribution in [0.25, 0.3) is 0 Å². The van der Waals surface area contributed by atoms with Crippen LogP contribution in [-0.4, -0.2) is 22.8 Å². The largest absolute Gasteiger partial charge is 0.333 e. The molecule has 0 bridgehead atoms. The third-order valence-corrected chi connectivity index (χ3v) is 4.00. The first-order valence-corrected chi connectivity index (χ1v) is 7.22. The molecule has 1 aliphatic heterocycles. The fourth-order valence-electron chi connectivity index (χ4n) is 2.76. The zero-order valence-electron chi connectivity index (χ0n) is 11.9. The summed E-state index contributed by atoms with van der Waals surface area (Å²) in [4.78, 5) is 39.8. The molecule has 110 valence electrons. The maximum Gasteiger partial charge on any atom is 0.333 e. The maximum atomic E-state index is 12.0. The number of hydrogen-bond donors (Lipinski definition) is 0. The van der Waals surface area contributed by atoms with Crippen LogP contribution in [0.1, 0.15) is 58.3 Å². The average Bonchev–Trinajstić information content (AvgIpc) is 2.66. The molecular formula is C15H21NO4. The number of carbonyl (C=O) groups is 3. The first-order valence-electron chi connectivity index (χ1n) is 7.22. The number of hydroxylamine groups is 2. The number of nitrogens with zero attached hydrogens (tertiary/aromatic N) is 1. The number of hydrogen-bond acceptors (Lipinski definition) is 4. The molecule has 0 aromatic heterocycles. The number of amides is 2. The molecule has 1 aliphatic carbocycles. The van der Waals surface area contributed by atoms with E-state index in [2.05, 4.69) is 19.1 Å². The molecule has 5 nitrogen and oxygen atoms in total. The van der Waals surface area contributed by atoms with Crippen LogP contribution in [0.2, 0.25) is 0 Å². The lowest BCUT2D eigenvalue weighted by Gasteiger charge is -2.29. The van der Waals surface area contributed by atoms with Crippen molar-refractivity contribution in [2.75, 3.05) is 0 Å². The molecular weight excluding hydrogens is 258 g/mol. The number of imide groups is 1. The fraction of sp³-hybridized carbons (Fsp3) is 0.667. The second-order valence-corrected chi connectivity index (χ2v) is 5.93. The standard InChI is InChI=1S/C15H21NO4/c1-15(9-5-3-2-4-6-10-15)11-14(19)20-16-12(17)7-8-13(16)18/h2-3H,4-11H2,1H3/b3-2+. The lowest BCUT2D eigenvalue weighted by Crippen LogP contribution is -2.34. The van der Waals surface area contributed by atoms with Crippen LogP contribution in [0.3, 0.4) is 0 Å². The van der Waals surface area contributed by atoms with Gasteiger partial charge >= 0.3 is 5.97 Å². The van der Waals surface area contributed by atoms with Gasteiger partial charge in [-0.2, -0.15) is 0 Å². The molecule has 1 unspecified atom stereocenters. The summed E-state index contributed by atoms with van der Waals surface area (Å²) in [6.45, 7) is 2.07. The van der Waals surface area contributed by atoms with Crippen molar-refractivity contribution >= 4 is 17.8 Å². The second-order valence-electron chi connectivity index (χ2n) is 5.93. The molecule has 0 radical (unpaired) electrons. The van der Waals surface area contributed by atoms with Gasteiger partial charge in [-0.1, -0.05) is 19.1 Å². The highest BCUT2D eigenvalue weighted by Gasteiger charge is 2.35. The Hall–Kier alpha value is -1.65. The average molecular weight is 279 g/mol. The van der Waals surface area contributed by atoms with Crippen molar-refractivity contribution in [1.29, 1.82) is 0 Å². The van der Waals surface area contributed by atoms with Crippen molar-refractivity contribution in [2.45, 2.75) is 58.3 Å². The molecule has 2 amide bonds. The van der Waals surface area contributed by atoms with Crippen LogP contribution in [0.4, 0.5) is 0 Å². The quantitative estimate of drug-likeness (QED) is 0.588. The predicted molar refractivity (Wildman–Crippen MR) is 72.1 cm³/mol. The molecule has 20 heavy (non-hydrogen) atoms. The first-order chi connectivity index (χ1) is 9.50. The highest BCUT2D eigenvalue weighted by atomic mass is 16.7. The summed E-state index contributed by atoms with van der Waals surface area (Å²) in [5, 5.41) is 0.633. The van der Waals surface area contributed by atoms with Gasteiger partial charge < -0.3 is 4.84 Å². The zero-order chi connectivity index (χ0) is 14.6. The van der Waals surface area contributed by atoms with Gasteiger partial charge in [0.05, 0.1) is 6.42 Å². The van der Waals surface area contributed by atoms with Crippen LogP contribution in [0.15, 0.2) is 12.2 Å². The number of carbonyl (C=O) groups excluding carboxylic acids is 3. The van der Waals surface area contributed by atoms with Gasteiger partial charge in [0.1, 0.15) is 0 Å². The molecule has 0 saturated carbocycles. The monoisotopic (exact) mass is 279 g/mol. The van der Waals surface area contributed by atoms with E-state index in [4.69, 9.17) is 4.84 Å². The van der Waals surface area contributed by atoms with Gasteiger partial charge in [0.25, 0.3) is 11.8 Å². The van der Waals surface area contributed by atoms with E-state index < -0.39 is 17.8 Å². The normalized spacial score (nSPS) is 28.9. The number of rotatable bonds is 3. The Morgan fingerprint density at radius 2 is 1.85 bits per heavy atom. The second kappa shape index (κ2) is 6.20. The highest BCUT2D eigenvalue weighted by molar-refractivity contribution is 6.01. The minimum Gasteiger partial charge on any atom is -0.330 e. The Morgan fingerprint density at radius 3 is 2.55 bits per heavy atom. The third-order valence-electron chi connectivity index (χ3n) is 4.00. The van der Waals surface area contributed by atoms with Gasteiger partial charge in [-0.25, -0.2) is 4.79 Å². The molecule has 0 spiro atoms. The Kier molecular flexibility index (Phi) is 4.57. The van der Waals surface area contributed by atoms with Gasteiger partial charge in [0.15, 0.2) is 0 Å². The SMILES string of the molecule is CC1(CC(=O)ON2C(=O)CCC2=O)CC/C=C/CCC1.